The van der Waals surface area contributed by atoms with Crippen LogP contribution in [-0.2, 0) is 14.3 Å². The van der Waals surface area contributed by atoms with E-state index >= 15 is 0 Å². The van der Waals surface area contributed by atoms with E-state index in [0.717, 1.165) is 19.3 Å². The van der Waals surface area contributed by atoms with E-state index in [1.54, 1.807) is 48.5 Å². The van der Waals surface area contributed by atoms with Crippen LogP contribution in [0.1, 0.15) is 43.5 Å². The first kappa shape index (κ1) is 21.9. The molecule has 0 aliphatic rings. The Morgan fingerprint density at radius 3 is 2.07 bits per heavy atom. The highest BCUT2D eigenvalue weighted by Crippen LogP contribution is 2.15. The minimum Gasteiger partial charge on any atom is -0.494 e. The predicted molar refractivity (Wildman–Crippen MR) is 111 cm³/mol. The SMILES string of the molecule is CCCCCOc1ccc(C(=O)OCC(=O)Nc2ccc(NC(C)=O)cc2)cc1. The minimum absolute atomic E-state index is 0.176. The van der Waals surface area contributed by atoms with Gasteiger partial charge in [0.25, 0.3) is 5.91 Å². The van der Waals surface area contributed by atoms with Crippen LogP contribution in [0.2, 0.25) is 0 Å². The van der Waals surface area contributed by atoms with Gasteiger partial charge < -0.3 is 20.1 Å². The molecule has 7 heteroatoms. The van der Waals surface area contributed by atoms with Crippen molar-refractivity contribution in [3.05, 3.63) is 54.1 Å². The van der Waals surface area contributed by atoms with Gasteiger partial charge in [0.15, 0.2) is 6.61 Å². The standard InChI is InChI=1S/C22H26N2O5/c1-3-4-5-14-28-20-12-6-17(7-13-20)22(27)29-15-21(26)24-19-10-8-18(9-11-19)23-16(2)25/h6-13H,3-5,14-15H2,1-2H3,(H,23,25)(H,24,26). The summed E-state index contributed by atoms with van der Waals surface area (Å²) in [5.74, 6) is -0.525. The van der Waals surface area contributed by atoms with Crippen LogP contribution in [0, 0.1) is 0 Å². The summed E-state index contributed by atoms with van der Waals surface area (Å²) in [7, 11) is 0. The molecule has 0 saturated heterocycles. The van der Waals surface area contributed by atoms with E-state index in [1.165, 1.54) is 6.92 Å². The fourth-order valence-electron chi connectivity index (χ4n) is 2.48. The van der Waals surface area contributed by atoms with Crippen LogP contribution in [0.25, 0.3) is 0 Å². The van der Waals surface area contributed by atoms with Crippen LogP contribution in [0.4, 0.5) is 11.4 Å². The highest BCUT2D eigenvalue weighted by Gasteiger charge is 2.11. The normalized spacial score (nSPS) is 10.1. The predicted octanol–water partition coefficient (Wildman–Crippen LogP) is 4.01. The second-order valence-electron chi connectivity index (χ2n) is 6.46. The number of nitrogens with one attached hydrogen (secondary N) is 2. The lowest BCUT2D eigenvalue weighted by atomic mass is 10.2. The Labute approximate surface area is 170 Å². The van der Waals surface area contributed by atoms with Crippen LogP contribution in [0.15, 0.2) is 48.5 Å². The van der Waals surface area contributed by atoms with E-state index in [4.69, 9.17) is 9.47 Å². The van der Waals surface area contributed by atoms with Gasteiger partial charge in [-0.15, -0.1) is 0 Å². The molecule has 29 heavy (non-hydrogen) atoms. The van der Waals surface area contributed by atoms with Crippen molar-refractivity contribution in [2.75, 3.05) is 23.8 Å². The number of carbonyl (C=O) groups is 3. The molecule has 0 aliphatic heterocycles. The maximum absolute atomic E-state index is 12.1. The van der Waals surface area contributed by atoms with Crippen LogP contribution in [0.3, 0.4) is 0 Å². The molecule has 0 spiro atoms. The first-order chi connectivity index (χ1) is 14.0. The van der Waals surface area contributed by atoms with Crippen LogP contribution < -0.4 is 15.4 Å². The Morgan fingerprint density at radius 2 is 1.48 bits per heavy atom. The molecule has 2 rings (SSSR count). The monoisotopic (exact) mass is 398 g/mol. The summed E-state index contributed by atoms with van der Waals surface area (Å²) in [5.41, 5.74) is 1.50. The molecule has 0 unspecified atom stereocenters. The van der Waals surface area contributed by atoms with Gasteiger partial charge in [-0.25, -0.2) is 4.79 Å². The molecule has 0 atom stereocenters. The van der Waals surface area contributed by atoms with Crippen molar-refractivity contribution in [2.24, 2.45) is 0 Å². The molecule has 0 bridgehead atoms. The van der Waals surface area contributed by atoms with Gasteiger partial charge in [-0.05, 0) is 55.0 Å². The highest BCUT2D eigenvalue weighted by molar-refractivity contribution is 5.96. The summed E-state index contributed by atoms with van der Waals surface area (Å²) < 4.78 is 10.6. The Morgan fingerprint density at radius 1 is 0.862 bits per heavy atom. The van der Waals surface area contributed by atoms with Crippen LogP contribution >= 0.6 is 0 Å². The lowest BCUT2D eigenvalue weighted by Gasteiger charge is -2.09. The molecule has 7 nitrogen and oxygen atoms in total. The number of benzene rings is 2. The average molecular weight is 398 g/mol. The summed E-state index contributed by atoms with van der Waals surface area (Å²) in [6, 6.07) is 13.2. The fraction of sp³-hybridized carbons (Fsp3) is 0.318. The zero-order valence-corrected chi connectivity index (χ0v) is 16.7. The van der Waals surface area contributed by atoms with Gasteiger partial charge in [-0.2, -0.15) is 0 Å². The summed E-state index contributed by atoms with van der Waals surface area (Å²) in [5, 5.41) is 5.26. The number of amides is 2. The molecular formula is C22H26N2O5. The summed E-state index contributed by atoms with van der Waals surface area (Å²) in [6.07, 6.45) is 3.24. The van der Waals surface area contributed by atoms with Crippen molar-refractivity contribution < 1.29 is 23.9 Å². The Bertz CT molecular complexity index is 816. The molecule has 0 aromatic heterocycles. The number of unbranched alkanes of at least 4 members (excludes halogenated alkanes) is 2. The average Bonchev–Trinajstić information content (AvgIpc) is 2.71. The van der Waals surface area contributed by atoms with Crippen molar-refractivity contribution in [2.45, 2.75) is 33.1 Å². The molecule has 2 N–H and O–H groups in total. The maximum Gasteiger partial charge on any atom is 0.338 e. The zero-order chi connectivity index (χ0) is 21.1. The van der Waals surface area contributed by atoms with Crippen molar-refractivity contribution in [1.82, 2.24) is 0 Å². The van der Waals surface area contributed by atoms with Crippen LogP contribution in [-0.4, -0.2) is 31.0 Å². The highest BCUT2D eigenvalue weighted by atomic mass is 16.5. The lowest BCUT2D eigenvalue weighted by Crippen LogP contribution is -2.20. The lowest BCUT2D eigenvalue weighted by molar-refractivity contribution is -0.119. The number of esters is 1. The second kappa shape index (κ2) is 11.5. The maximum atomic E-state index is 12.1. The molecule has 2 aromatic rings. The first-order valence-corrected chi connectivity index (χ1v) is 9.55. The molecule has 2 aromatic carbocycles. The topological polar surface area (TPSA) is 93.7 Å². The van der Waals surface area contributed by atoms with Crippen molar-refractivity contribution in [3.8, 4) is 5.75 Å². The molecule has 0 aliphatic carbocycles. The largest absolute Gasteiger partial charge is 0.494 e. The van der Waals surface area contributed by atoms with Crippen molar-refractivity contribution in [3.63, 3.8) is 0 Å². The summed E-state index contributed by atoms with van der Waals surface area (Å²) in [4.78, 5) is 35.0. The van der Waals surface area contributed by atoms with Gasteiger partial charge in [0.1, 0.15) is 5.75 Å². The van der Waals surface area contributed by atoms with Crippen molar-refractivity contribution in [1.29, 1.82) is 0 Å². The van der Waals surface area contributed by atoms with E-state index in [1.807, 2.05) is 0 Å². The summed E-state index contributed by atoms with van der Waals surface area (Å²) in [6.45, 7) is 3.79. The Hall–Kier alpha value is -3.35. The van der Waals surface area contributed by atoms with E-state index in [0.29, 0.717) is 29.3 Å². The van der Waals surface area contributed by atoms with Gasteiger partial charge in [-0.1, -0.05) is 19.8 Å². The minimum atomic E-state index is -0.585. The smallest absolute Gasteiger partial charge is 0.338 e. The van der Waals surface area contributed by atoms with Gasteiger partial charge in [-0.3, -0.25) is 9.59 Å². The molecule has 154 valence electrons. The van der Waals surface area contributed by atoms with Crippen LogP contribution in [0.5, 0.6) is 5.75 Å². The molecule has 0 fully saturated rings. The third-order valence-corrected chi connectivity index (χ3v) is 3.93. The first-order valence-electron chi connectivity index (χ1n) is 9.55. The fourth-order valence-corrected chi connectivity index (χ4v) is 2.48. The number of rotatable bonds is 10. The molecule has 0 radical (unpaired) electrons. The van der Waals surface area contributed by atoms with E-state index in [-0.39, 0.29) is 5.91 Å². The van der Waals surface area contributed by atoms with E-state index in [9.17, 15) is 14.4 Å². The quantitative estimate of drug-likeness (QED) is 0.466. The van der Waals surface area contributed by atoms with E-state index in [2.05, 4.69) is 17.6 Å². The molecule has 0 saturated carbocycles. The number of carbonyl (C=O) groups excluding carboxylic acids is 3. The number of hydrogen-bond acceptors (Lipinski definition) is 5. The molecular weight excluding hydrogens is 372 g/mol. The summed E-state index contributed by atoms with van der Waals surface area (Å²) >= 11 is 0. The zero-order valence-electron chi connectivity index (χ0n) is 16.7. The van der Waals surface area contributed by atoms with Gasteiger partial charge in [0.05, 0.1) is 12.2 Å². The van der Waals surface area contributed by atoms with Gasteiger partial charge >= 0.3 is 5.97 Å². The van der Waals surface area contributed by atoms with Gasteiger partial charge in [0, 0.05) is 18.3 Å². The second-order valence-corrected chi connectivity index (χ2v) is 6.46. The third-order valence-electron chi connectivity index (χ3n) is 3.93. The number of anilines is 2. The number of hydrogen-bond donors (Lipinski definition) is 2. The number of ether oxygens (including phenoxy) is 2. The van der Waals surface area contributed by atoms with Gasteiger partial charge in [0.2, 0.25) is 5.91 Å². The Kier molecular flexibility index (Phi) is 8.69. The molecule has 2 amide bonds. The third kappa shape index (κ3) is 8.04. The Balaban J connectivity index is 1.76. The van der Waals surface area contributed by atoms with Crippen molar-refractivity contribution >= 4 is 29.2 Å². The van der Waals surface area contributed by atoms with E-state index < -0.39 is 18.5 Å². The molecule has 0 heterocycles.